The van der Waals surface area contributed by atoms with E-state index >= 15 is 0 Å². The Labute approximate surface area is 181 Å². The fourth-order valence-corrected chi connectivity index (χ4v) is 3.76. The average Bonchev–Trinajstić information content (AvgIpc) is 2.75. The Hall–Kier alpha value is -2.60. The van der Waals surface area contributed by atoms with E-state index in [1.807, 2.05) is 24.0 Å². The van der Waals surface area contributed by atoms with E-state index in [-0.39, 0.29) is 17.8 Å². The Morgan fingerprint density at radius 3 is 2.53 bits per heavy atom. The molecular formula is C23H27ClFN3O2. The lowest BCUT2D eigenvalue weighted by molar-refractivity contribution is -0.121. The molecule has 1 saturated heterocycles. The van der Waals surface area contributed by atoms with Crippen LogP contribution in [0.1, 0.15) is 36.8 Å². The molecule has 0 saturated carbocycles. The minimum atomic E-state index is -0.284. The fraction of sp³-hybridized carbons (Fsp3) is 0.391. The fourth-order valence-electron chi connectivity index (χ4n) is 3.59. The van der Waals surface area contributed by atoms with Crippen molar-refractivity contribution in [1.82, 2.24) is 10.2 Å². The van der Waals surface area contributed by atoms with Crippen LogP contribution in [0.5, 0.6) is 0 Å². The van der Waals surface area contributed by atoms with Crippen LogP contribution in [-0.2, 0) is 11.3 Å². The van der Waals surface area contributed by atoms with E-state index in [1.165, 1.54) is 12.1 Å². The Morgan fingerprint density at radius 2 is 1.83 bits per heavy atom. The zero-order chi connectivity index (χ0) is 21.5. The maximum absolute atomic E-state index is 12.9. The summed E-state index contributed by atoms with van der Waals surface area (Å²) < 4.78 is 12.9. The summed E-state index contributed by atoms with van der Waals surface area (Å²) in [6, 6.07) is 11.5. The number of nitrogens with zero attached hydrogens (tertiary/aromatic N) is 1. The second-order valence-corrected chi connectivity index (χ2v) is 8.12. The van der Waals surface area contributed by atoms with Crippen LogP contribution in [0.2, 0.25) is 5.02 Å². The normalized spacial score (nSPS) is 14.4. The average molecular weight is 432 g/mol. The lowest BCUT2D eigenvalue weighted by atomic mass is 9.92. The SMILES string of the molecule is Cc1c(Cl)cccc1NC(=O)N1CCC(CCC(=O)NCc2ccc(F)cc2)CC1. The van der Waals surface area contributed by atoms with Crippen molar-refractivity contribution in [2.45, 2.75) is 39.2 Å². The Morgan fingerprint density at radius 1 is 1.13 bits per heavy atom. The minimum absolute atomic E-state index is 0.00377. The van der Waals surface area contributed by atoms with Crippen LogP contribution in [0.4, 0.5) is 14.9 Å². The van der Waals surface area contributed by atoms with Gasteiger partial charge in [-0.2, -0.15) is 0 Å². The highest BCUT2D eigenvalue weighted by Crippen LogP contribution is 2.25. The van der Waals surface area contributed by atoms with Crippen molar-refractivity contribution in [2.75, 3.05) is 18.4 Å². The van der Waals surface area contributed by atoms with Gasteiger partial charge >= 0.3 is 6.03 Å². The molecular weight excluding hydrogens is 405 g/mol. The number of hydrogen-bond acceptors (Lipinski definition) is 2. The van der Waals surface area contributed by atoms with Crippen molar-refractivity contribution in [1.29, 1.82) is 0 Å². The summed E-state index contributed by atoms with van der Waals surface area (Å²) in [4.78, 5) is 26.4. The van der Waals surface area contributed by atoms with Crippen LogP contribution in [0.15, 0.2) is 42.5 Å². The highest BCUT2D eigenvalue weighted by atomic mass is 35.5. The molecule has 0 aromatic heterocycles. The van der Waals surface area contributed by atoms with Gasteiger partial charge < -0.3 is 15.5 Å². The minimum Gasteiger partial charge on any atom is -0.352 e. The van der Waals surface area contributed by atoms with Gasteiger partial charge in [0, 0.05) is 36.8 Å². The standard InChI is InChI=1S/C23H27ClFN3O2/c1-16-20(24)3-2-4-21(16)27-23(30)28-13-11-17(12-14-28)7-10-22(29)26-15-18-5-8-19(25)9-6-18/h2-6,8-9,17H,7,10-15H2,1H3,(H,26,29)(H,27,30). The summed E-state index contributed by atoms with van der Waals surface area (Å²) in [7, 11) is 0. The summed E-state index contributed by atoms with van der Waals surface area (Å²) >= 11 is 6.11. The molecule has 0 bridgehead atoms. The van der Waals surface area contributed by atoms with E-state index in [4.69, 9.17) is 11.6 Å². The maximum atomic E-state index is 12.9. The third-order valence-electron chi connectivity index (χ3n) is 5.59. The number of carbonyl (C=O) groups is 2. The van der Waals surface area contributed by atoms with Gasteiger partial charge in [-0.25, -0.2) is 9.18 Å². The molecule has 3 amide bonds. The van der Waals surface area contributed by atoms with Gasteiger partial charge in [-0.3, -0.25) is 4.79 Å². The summed E-state index contributed by atoms with van der Waals surface area (Å²) in [6.07, 6.45) is 3.03. The van der Waals surface area contributed by atoms with Crippen molar-refractivity contribution in [3.63, 3.8) is 0 Å². The Kier molecular flexibility index (Phi) is 7.69. The first-order valence-electron chi connectivity index (χ1n) is 10.2. The molecule has 0 aliphatic carbocycles. The number of benzene rings is 2. The smallest absolute Gasteiger partial charge is 0.321 e. The van der Waals surface area contributed by atoms with Crippen molar-refractivity contribution in [2.24, 2.45) is 5.92 Å². The molecule has 160 valence electrons. The number of hydrogen-bond donors (Lipinski definition) is 2. The number of carbonyl (C=O) groups excluding carboxylic acids is 2. The molecule has 1 heterocycles. The second-order valence-electron chi connectivity index (χ2n) is 7.71. The lowest BCUT2D eigenvalue weighted by Gasteiger charge is -2.32. The molecule has 1 aliphatic rings. The predicted octanol–water partition coefficient (Wildman–Crippen LogP) is 5.13. The summed E-state index contributed by atoms with van der Waals surface area (Å²) in [6.45, 7) is 3.63. The quantitative estimate of drug-likeness (QED) is 0.666. The predicted molar refractivity (Wildman–Crippen MR) is 117 cm³/mol. The highest BCUT2D eigenvalue weighted by Gasteiger charge is 2.23. The molecule has 5 nitrogen and oxygen atoms in total. The van der Waals surface area contributed by atoms with Crippen LogP contribution in [0, 0.1) is 18.7 Å². The highest BCUT2D eigenvalue weighted by molar-refractivity contribution is 6.31. The van der Waals surface area contributed by atoms with Gasteiger partial charge in [0.1, 0.15) is 5.82 Å². The number of piperidine rings is 1. The third kappa shape index (κ3) is 6.20. The number of urea groups is 1. The van der Waals surface area contributed by atoms with Gasteiger partial charge in [0.2, 0.25) is 5.91 Å². The van der Waals surface area contributed by atoms with Crippen molar-refractivity contribution in [3.8, 4) is 0 Å². The molecule has 2 aromatic carbocycles. The van der Waals surface area contributed by atoms with Crippen LogP contribution in [0.3, 0.4) is 0 Å². The van der Waals surface area contributed by atoms with E-state index in [0.717, 1.165) is 36.1 Å². The monoisotopic (exact) mass is 431 g/mol. The first-order chi connectivity index (χ1) is 14.4. The largest absolute Gasteiger partial charge is 0.352 e. The number of likely N-dealkylation sites (tertiary alicyclic amines) is 1. The molecule has 0 unspecified atom stereocenters. The van der Waals surface area contributed by atoms with E-state index in [1.54, 1.807) is 18.2 Å². The second kappa shape index (κ2) is 10.4. The van der Waals surface area contributed by atoms with Gasteiger partial charge in [0.15, 0.2) is 0 Å². The van der Waals surface area contributed by atoms with E-state index < -0.39 is 0 Å². The molecule has 2 aromatic rings. The zero-order valence-corrected chi connectivity index (χ0v) is 17.8. The van der Waals surface area contributed by atoms with Gasteiger partial charge in [-0.1, -0.05) is 29.8 Å². The molecule has 1 aliphatic heterocycles. The van der Waals surface area contributed by atoms with Crippen LogP contribution in [0.25, 0.3) is 0 Å². The first-order valence-corrected chi connectivity index (χ1v) is 10.6. The van der Waals surface area contributed by atoms with Gasteiger partial charge in [-0.05, 0) is 67.5 Å². The van der Waals surface area contributed by atoms with E-state index in [2.05, 4.69) is 10.6 Å². The zero-order valence-electron chi connectivity index (χ0n) is 17.1. The van der Waals surface area contributed by atoms with Crippen LogP contribution >= 0.6 is 11.6 Å². The van der Waals surface area contributed by atoms with Crippen molar-refractivity contribution in [3.05, 3.63) is 64.4 Å². The molecule has 0 atom stereocenters. The Bertz CT molecular complexity index is 881. The summed E-state index contributed by atoms with van der Waals surface area (Å²) in [5.41, 5.74) is 2.46. The molecule has 1 fully saturated rings. The molecule has 0 spiro atoms. The summed E-state index contributed by atoms with van der Waals surface area (Å²) in [5.74, 6) is 0.141. The van der Waals surface area contributed by atoms with Gasteiger partial charge in [0.25, 0.3) is 0 Å². The Balaban J connectivity index is 1.36. The van der Waals surface area contributed by atoms with Gasteiger partial charge in [-0.15, -0.1) is 0 Å². The molecule has 30 heavy (non-hydrogen) atoms. The van der Waals surface area contributed by atoms with E-state index in [9.17, 15) is 14.0 Å². The number of anilines is 1. The molecule has 2 N–H and O–H groups in total. The third-order valence-corrected chi connectivity index (χ3v) is 6.00. The van der Waals surface area contributed by atoms with E-state index in [0.29, 0.717) is 37.0 Å². The summed E-state index contributed by atoms with van der Waals surface area (Å²) in [5, 5.41) is 6.44. The van der Waals surface area contributed by atoms with Crippen molar-refractivity contribution >= 4 is 29.2 Å². The topological polar surface area (TPSA) is 61.4 Å². The number of nitrogens with one attached hydrogen (secondary N) is 2. The van der Waals surface area contributed by atoms with Crippen molar-refractivity contribution < 1.29 is 14.0 Å². The molecule has 0 radical (unpaired) electrons. The number of rotatable bonds is 6. The van der Waals surface area contributed by atoms with Crippen LogP contribution in [-0.4, -0.2) is 29.9 Å². The maximum Gasteiger partial charge on any atom is 0.321 e. The number of amides is 3. The first kappa shape index (κ1) is 22.1. The molecule has 7 heteroatoms. The van der Waals surface area contributed by atoms with Crippen LogP contribution < -0.4 is 10.6 Å². The molecule has 3 rings (SSSR count). The number of halogens is 2. The van der Waals surface area contributed by atoms with Gasteiger partial charge in [0.05, 0.1) is 0 Å². The lowest BCUT2D eigenvalue weighted by Crippen LogP contribution is -2.41.